The predicted octanol–water partition coefficient (Wildman–Crippen LogP) is 3.71. The smallest absolute Gasteiger partial charge is 0.134 e. The molecule has 1 heterocycles. The normalized spacial score (nSPS) is 12.2. The lowest BCUT2D eigenvalue weighted by atomic mass is 10.0. The topological polar surface area (TPSA) is 25.2 Å². The van der Waals surface area contributed by atoms with Crippen LogP contribution >= 0.6 is 0 Å². The molecule has 1 aromatic carbocycles. The van der Waals surface area contributed by atoms with Crippen LogP contribution in [-0.4, -0.2) is 5.54 Å². The van der Waals surface area contributed by atoms with Gasteiger partial charge in [0, 0.05) is 10.9 Å². The Bertz CT molecular complexity index is 437. The van der Waals surface area contributed by atoms with Gasteiger partial charge in [-0.2, -0.15) is 0 Å². The van der Waals surface area contributed by atoms with Crippen molar-refractivity contribution in [1.82, 2.24) is 5.32 Å². The minimum atomic E-state index is 0.166. The van der Waals surface area contributed by atoms with E-state index in [2.05, 4.69) is 38.2 Å². The summed E-state index contributed by atoms with van der Waals surface area (Å²) in [6, 6.07) is 10.2. The van der Waals surface area contributed by atoms with Gasteiger partial charge in [0.2, 0.25) is 0 Å². The minimum absolute atomic E-state index is 0.166. The molecule has 2 aromatic rings. The maximum absolute atomic E-state index is 5.75. The number of fused-ring (bicyclic) bond motifs is 1. The molecular weight excluding hydrogens is 198 g/mol. The van der Waals surface area contributed by atoms with Crippen molar-refractivity contribution >= 4 is 11.0 Å². The van der Waals surface area contributed by atoms with Gasteiger partial charge >= 0.3 is 0 Å². The first-order valence-corrected chi connectivity index (χ1v) is 5.83. The molecule has 0 fully saturated rings. The Morgan fingerprint density at radius 3 is 2.69 bits per heavy atom. The van der Waals surface area contributed by atoms with Crippen molar-refractivity contribution in [2.45, 2.75) is 39.3 Å². The molecule has 0 unspecified atom stereocenters. The fraction of sp³-hybridized carbons (Fsp3) is 0.429. The SMILES string of the molecule is CCC(C)(C)NCc1cc2ccccc2o1. The van der Waals surface area contributed by atoms with Crippen molar-refractivity contribution in [3.63, 3.8) is 0 Å². The highest BCUT2D eigenvalue weighted by Crippen LogP contribution is 2.19. The highest BCUT2D eigenvalue weighted by Gasteiger charge is 2.14. The van der Waals surface area contributed by atoms with Gasteiger partial charge in [0.1, 0.15) is 11.3 Å². The zero-order valence-corrected chi connectivity index (χ0v) is 10.2. The van der Waals surface area contributed by atoms with Gasteiger partial charge in [-0.1, -0.05) is 25.1 Å². The first-order chi connectivity index (χ1) is 7.61. The highest BCUT2D eigenvalue weighted by atomic mass is 16.3. The summed E-state index contributed by atoms with van der Waals surface area (Å²) in [5.74, 6) is 1.00. The molecule has 0 saturated heterocycles. The second-order valence-corrected chi connectivity index (χ2v) is 4.84. The van der Waals surface area contributed by atoms with Crippen molar-refractivity contribution < 1.29 is 4.42 Å². The summed E-state index contributed by atoms with van der Waals surface area (Å²) in [5.41, 5.74) is 1.13. The fourth-order valence-electron chi connectivity index (χ4n) is 1.58. The molecule has 0 atom stereocenters. The molecule has 1 aromatic heterocycles. The average Bonchev–Trinajstić information content (AvgIpc) is 2.69. The van der Waals surface area contributed by atoms with Crippen LogP contribution in [0.15, 0.2) is 34.7 Å². The fourth-order valence-corrected chi connectivity index (χ4v) is 1.58. The average molecular weight is 217 g/mol. The van der Waals surface area contributed by atoms with E-state index in [0.717, 1.165) is 24.3 Å². The lowest BCUT2D eigenvalue weighted by Crippen LogP contribution is -2.37. The molecule has 0 aliphatic rings. The summed E-state index contributed by atoms with van der Waals surface area (Å²) in [6.07, 6.45) is 1.10. The molecule has 0 amide bonds. The maximum Gasteiger partial charge on any atom is 0.134 e. The standard InChI is InChI=1S/C14H19NO/c1-4-14(2,3)15-10-12-9-11-7-5-6-8-13(11)16-12/h5-9,15H,4,10H2,1-3H3. The summed E-state index contributed by atoms with van der Waals surface area (Å²) in [5, 5.41) is 4.67. The Balaban J connectivity index is 2.10. The van der Waals surface area contributed by atoms with Crippen LogP contribution in [0.25, 0.3) is 11.0 Å². The monoisotopic (exact) mass is 217 g/mol. The molecule has 2 rings (SSSR count). The minimum Gasteiger partial charge on any atom is -0.460 e. The van der Waals surface area contributed by atoms with Gasteiger partial charge < -0.3 is 9.73 Å². The summed E-state index contributed by atoms with van der Waals surface area (Å²) < 4.78 is 5.75. The number of nitrogens with one attached hydrogen (secondary N) is 1. The van der Waals surface area contributed by atoms with Crippen LogP contribution in [0.1, 0.15) is 33.0 Å². The Kier molecular flexibility index (Phi) is 3.01. The van der Waals surface area contributed by atoms with E-state index in [1.165, 1.54) is 5.39 Å². The van der Waals surface area contributed by atoms with E-state index < -0.39 is 0 Å². The van der Waals surface area contributed by atoms with Gasteiger partial charge in [-0.15, -0.1) is 0 Å². The summed E-state index contributed by atoms with van der Waals surface area (Å²) in [7, 11) is 0. The van der Waals surface area contributed by atoms with E-state index in [1.807, 2.05) is 18.2 Å². The molecule has 0 saturated carbocycles. The molecule has 0 spiro atoms. The van der Waals surface area contributed by atoms with Crippen LogP contribution in [0.2, 0.25) is 0 Å². The van der Waals surface area contributed by atoms with Crippen molar-refractivity contribution in [2.75, 3.05) is 0 Å². The third kappa shape index (κ3) is 2.45. The number of hydrogen-bond acceptors (Lipinski definition) is 2. The molecule has 0 radical (unpaired) electrons. The largest absolute Gasteiger partial charge is 0.460 e. The molecule has 2 heteroatoms. The Hall–Kier alpha value is -1.28. The van der Waals surface area contributed by atoms with E-state index >= 15 is 0 Å². The van der Waals surface area contributed by atoms with Gasteiger partial charge in [-0.25, -0.2) is 0 Å². The molecule has 1 N–H and O–H groups in total. The second kappa shape index (κ2) is 4.30. The van der Waals surface area contributed by atoms with E-state index in [4.69, 9.17) is 4.42 Å². The second-order valence-electron chi connectivity index (χ2n) is 4.84. The van der Waals surface area contributed by atoms with E-state index in [9.17, 15) is 0 Å². The van der Waals surface area contributed by atoms with Gasteiger partial charge in [0.05, 0.1) is 6.54 Å². The van der Waals surface area contributed by atoms with E-state index in [1.54, 1.807) is 0 Å². The van der Waals surface area contributed by atoms with Crippen LogP contribution in [0, 0.1) is 0 Å². The molecular formula is C14H19NO. The number of furan rings is 1. The number of hydrogen-bond donors (Lipinski definition) is 1. The van der Waals surface area contributed by atoms with Crippen molar-refractivity contribution in [2.24, 2.45) is 0 Å². The van der Waals surface area contributed by atoms with Gasteiger partial charge in [0.25, 0.3) is 0 Å². The van der Waals surface area contributed by atoms with Gasteiger partial charge in [-0.3, -0.25) is 0 Å². The molecule has 86 valence electrons. The van der Waals surface area contributed by atoms with Crippen LogP contribution in [0.4, 0.5) is 0 Å². The third-order valence-corrected chi connectivity index (χ3v) is 3.10. The Morgan fingerprint density at radius 1 is 1.25 bits per heavy atom. The quantitative estimate of drug-likeness (QED) is 0.844. The highest BCUT2D eigenvalue weighted by molar-refractivity contribution is 5.77. The van der Waals surface area contributed by atoms with Crippen LogP contribution in [0.3, 0.4) is 0 Å². The zero-order chi connectivity index (χ0) is 11.6. The van der Waals surface area contributed by atoms with Crippen molar-refractivity contribution in [3.8, 4) is 0 Å². The van der Waals surface area contributed by atoms with Crippen LogP contribution in [-0.2, 0) is 6.54 Å². The maximum atomic E-state index is 5.75. The molecule has 0 bridgehead atoms. The summed E-state index contributed by atoms with van der Waals surface area (Å²) >= 11 is 0. The first kappa shape index (κ1) is 11.2. The number of rotatable bonds is 4. The predicted molar refractivity (Wildman–Crippen MR) is 67.4 cm³/mol. The lowest BCUT2D eigenvalue weighted by molar-refractivity contribution is 0.355. The number of para-hydroxylation sites is 1. The molecule has 0 aliphatic heterocycles. The first-order valence-electron chi connectivity index (χ1n) is 5.83. The van der Waals surface area contributed by atoms with Gasteiger partial charge in [-0.05, 0) is 32.4 Å². The summed E-state index contributed by atoms with van der Waals surface area (Å²) in [4.78, 5) is 0. The van der Waals surface area contributed by atoms with Crippen molar-refractivity contribution in [1.29, 1.82) is 0 Å². The zero-order valence-electron chi connectivity index (χ0n) is 10.2. The van der Waals surface area contributed by atoms with E-state index in [-0.39, 0.29) is 5.54 Å². The molecule has 16 heavy (non-hydrogen) atoms. The van der Waals surface area contributed by atoms with Gasteiger partial charge in [0.15, 0.2) is 0 Å². The van der Waals surface area contributed by atoms with Crippen LogP contribution in [0.5, 0.6) is 0 Å². The molecule has 0 aliphatic carbocycles. The van der Waals surface area contributed by atoms with Crippen LogP contribution < -0.4 is 5.32 Å². The lowest BCUT2D eigenvalue weighted by Gasteiger charge is -2.23. The number of benzene rings is 1. The van der Waals surface area contributed by atoms with Crippen molar-refractivity contribution in [3.05, 3.63) is 36.1 Å². The third-order valence-electron chi connectivity index (χ3n) is 3.10. The summed E-state index contributed by atoms with van der Waals surface area (Å²) in [6.45, 7) is 7.38. The Labute approximate surface area is 96.6 Å². The Morgan fingerprint density at radius 2 is 2.00 bits per heavy atom. The molecule has 2 nitrogen and oxygen atoms in total. The van der Waals surface area contributed by atoms with E-state index in [0.29, 0.717) is 0 Å².